The van der Waals surface area contributed by atoms with Gasteiger partial charge in [-0.25, -0.2) is 0 Å². The van der Waals surface area contributed by atoms with Crippen LogP contribution in [0.1, 0.15) is 54.7 Å². The van der Waals surface area contributed by atoms with Gasteiger partial charge in [-0.3, -0.25) is 9.69 Å². The molecule has 1 fully saturated rings. The molecule has 0 saturated carbocycles. The summed E-state index contributed by atoms with van der Waals surface area (Å²) < 4.78 is 10.5. The lowest BCUT2D eigenvalue weighted by Crippen LogP contribution is -2.36. The van der Waals surface area contributed by atoms with E-state index >= 15 is 0 Å². The molecule has 0 N–H and O–H groups in total. The van der Waals surface area contributed by atoms with Crippen LogP contribution in [0.2, 0.25) is 0 Å². The minimum Gasteiger partial charge on any atom is -0.466 e. The molecule has 3 rings (SSSR count). The number of aromatic nitrogens is 1. The van der Waals surface area contributed by atoms with E-state index in [0.29, 0.717) is 18.9 Å². The standard InChI is InChI=1S/C22H30N2O3/c1-4-26-22(25)14-20(18-8-6-5-7-9-18)19-10-12-24(13-11-19)15-21-16(2)23-27-17(21)3/h5-9,19-20H,4,10-15H2,1-3H3/t20-/m0/s1. The Morgan fingerprint density at radius 3 is 2.56 bits per heavy atom. The van der Waals surface area contributed by atoms with Crippen LogP contribution < -0.4 is 0 Å². The highest BCUT2D eigenvalue weighted by molar-refractivity contribution is 5.70. The molecule has 1 aromatic carbocycles. The third-order valence-electron chi connectivity index (χ3n) is 5.68. The second-order valence-electron chi connectivity index (χ2n) is 7.44. The van der Waals surface area contributed by atoms with E-state index in [1.807, 2.05) is 26.8 Å². The molecule has 1 aromatic heterocycles. The third-order valence-corrected chi connectivity index (χ3v) is 5.68. The van der Waals surface area contributed by atoms with Gasteiger partial charge in [0.2, 0.25) is 0 Å². The summed E-state index contributed by atoms with van der Waals surface area (Å²) in [6.07, 6.45) is 2.64. The second kappa shape index (κ2) is 9.18. The lowest BCUT2D eigenvalue weighted by molar-refractivity contribution is -0.144. The van der Waals surface area contributed by atoms with Crippen LogP contribution in [0.4, 0.5) is 0 Å². The van der Waals surface area contributed by atoms with Crippen LogP contribution >= 0.6 is 0 Å². The van der Waals surface area contributed by atoms with Gasteiger partial charge >= 0.3 is 5.97 Å². The minimum absolute atomic E-state index is 0.0931. The molecule has 1 aliphatic rings. The first kappa shape index (κ1) is 19.6. The average Bonchev–Trinajstić information content (AvgIpc) is 3.00. The Morgan fingerprint density at radius 2 is 1.96 bits per heavy atom. The van der Waals surface area contributed by atoms with Gasteiger partial charge in [0.15, 0.2) is 0 Å². The topological polar surface area (TPSA) is 55.6 Å². The second-order valence-corrected chi connectivity index (χ2v) is 7.44. The van der Waals surface area contributed by atoms with Crippen molar-refractivity contribution < 1.29 is 14.1 Å². The molecule has 0 bridgehead atoms. The molecule has 0 amide bonds. The van der Waals surface area contributed by atoms with Crippen LogP contribution in [-0.2, 0) is 16.1 Å². The number of piperidine rings is 1. The number of carbonyl (C=O) groups excluding carboxylic acids is 1. The molecule has 5 nitrogen and oxygen atoms in total. The highest BCUT2D eigenvalue weighted by atomic mass is 16.5. The fraction of sp³-hybridized carbons (Fsp3) is 0.545. The molecule has 1 atom stereocenters. The van der Waals surface area contributed by atoms with Gasteiger partial charge in [-0.05, 0) is 64.1 Å². The highest BCUT2D eigenvalue weighted by Gasteiger charge is 2.30. The molecule has 1 aliphatic heterocycles. The summed E-state index contributed by atoms with van der Waals surface area (Å²) >= 11 is 0. The van der Waals surface area contributed by atoms with E-state index in [4.69, 9.17) is 9.26 Å². The quantitative estimate of drug-likeness (QED) is 0.682. The fourth-order valence-corrected chi connectivity index (χ4v) is 4.12. The van der Waals surface area contributed by atoms with E-state index in [-0.39, 0.29) is 11.9 Å². The van der Waals surface area contributed by atoms with Crippen molar-refractivity contribution in [3.63, 3.8) is 0 Å². The fourth-order valence-electron chi connectivity index (χ4n) is 4.12. The lowest BCUT2D eigenvalue weighted by atomic mass is 9.78. The van der Waals surface area contributed by atoms with Gasteiger partial charge in [-0.2, -0.15) is 0 Å². The zero-order valence-corrected chi connectivity index (χ0v) is 16.6. The van der Waals surface area contributed by atoms with Gasteiger partial charge in [-0.1, -0.05) is 35.5 Å². The Balaban J connectivity index is 1.64. The van der Waals surface area contributed by atoms with Crippen molar-refractivity contribution in [2.24, 2.45) is 5.92 Å². The van der Waals surface area contributed by atoms with E-state index in [9.17, 15) is 4.79 Å². The SMILES string of the molecule is CCOC(=O)C[C@@H](c1ccccc1)C1CCN(Cc2c(C)noc2C)CC1. The van der Waals surface area contributed by atoms with Gasteiger partial charge in [0, 0.05) is 12.1 Å². The first-order valence-corrected chi connectivity index (χ1v) is 9.93. The van der Waals surface area contributed by atoms with E-state index < -0.39 is 0 Å². The van der Waals surface area contributed by atoms with Gasteiger partial charge in [0.25, 0.3) is 0 Å². The number of ether oxygens (including phenoxy) is 1. The van der Waals surface area contributed by atoms with Crippen LogP contribution in [0.5, 0.6) is 0 Å². The van der Waals surface area contributed by atoms with E-state index in [0.717, 1.165) is 43.9 Å². The minimum atomic E-state index is -0.0931. The molecule has 0 radical (unpaired) electrons. The van der Waals surface area contributed by atoms with Crippen LogP contribution in [0, 0.1) is 19.8 Å². The van der Waals surface area contributed by atoms with Crippen molar-refractivity contribution in [2.75, 3.05) is 19.7 Å². The lowest BCUT2D eigenvalue weighted by Gasteiger charge is -2.36. The zero-order valence-electron chi connectivity index (χ0n) is 16.6. The number of carbonyl (C=O) groups is 1. The predicted octanol–water partition coefficient (Wildman–Crippen LogP) is 4.24. The molecule has 0 spiro atoms. The Kier molecular flexibility index (Phi) is 6.67. The van der Waals surface area contributed by atoms with Crippen LogP contribution in [0.15, 0.2) is 34.9 Å². The number of likely N-dealkylation sites (tertiary alicyclic amines) is 1. The molecule has 146 valence electrons. The van der Waals surface area contributed by atoms with Crippen molar-refractivity contribution in [3.05, 3.63) is 52.9 Å². The number of hydrogen-bond donors (Lipinski definition) is 0. The summed E-state index contributed by atoms with van der Waals surface area (Å²) in [5.41, 5.74) is 3.44. The molecule has 27 heavy (non-hydrogen) atoms. The number of benzene rings is 1. The summed E-state index contributed by atoms with van der Waals surface area (Å²) in [5, 5.41) is 4.06. The highest BCUT2D eigenvalue weighted by Crippen LogP contribution is 2.36. The number of esters is 1. The monoisotopic (exact) mass is 370 g/mol. The Morgan fingerprint density at radius 1 is 1.26 bits per heavy atom. The van der Waals surface area contributed by atoms with Crippen LogP contribution in [0.25, 0.3) is 0 Å². The molecule has 2 heterocycles. The third kappa shape index (κ3) is 4.98. The Hall–Kier alpha value is -2.14. The van der Waals surface area contributed by atoms with Gasteiger partial charge in [0.1, 0.15) is 5.76 Å². The van der Waals surface area contributed by atoms with Crippen molar-refractivity contribution >= 4 is 5.97 Å². The Bertz CT molecular complexity index is 714. The molecule has 2 aromatic rings. The zero-order chi connectivity index (χ0) is 19.2. The van der Waals surface area contributed by atoms with Crippen molar-refractivity contribution in [1.29, 1.82) is 0 Å². The maximum atomic E-state index is 12.2. The first-order valence-electron chi connectivity index (χ1n) is 9.93. The molecule has 1 saturated heterocycles. The maximum Gasteiger partial charge on any atom is 0.306 e. The largest absolute Gasteiger partial charge is 0.466 e. The molecular weight excluding hydrogens is 340 g/mol. The summed E-state index contributed by atoms with van der Waals surface area (Å²) in [5.74, 6) is 1.55. The number of hydrogen-bond acceptors (Lipinski definition) is 5. The van der Waals surface area contributed by atoms with Crippen molar-refractivity contribution in [3.8, 4) is 0 Å². The normalized spacial score (nSPS) is 17.0. The van der Waals surface area contributed by atoms with Crippen LogP contribution in [0.3, 0.4) is 0 Å². The smallest absolute Gasteiger partial charge is 0.306 e. The van der Waals surface area contributed by atoms with Crippen molar-refractivity contribution in [2.45, 2.75) is 52.5 Å². The number of nitrogens with zero attached hydrogens (tertiary/aromatic N) is 2. The van der Waals surface area contributed by atoms with E-state index in [1.54, 1.807) is 0 Å². The van der Waals surface area contributed by atoms with Crippen molar-refractivity contribution in [1.82, 2.24) is 10.1 Å². The van der Waals surface area contributed by atoms with E-state index in [2.05, 4.69) is 34.3 Å². The molecule has 0 aliphatic carbocycles. The molecular formula is C22H30N2O3. The van der Waals surface area contributed by atoms with Gasteiger partial charge in [-0.15, -0.1) is 0 Å². The summed E-state index contributed by atoms with van der Waals surface area (Å²) in [7, 11) is 0. The molecule has 5 heteroatoms. The summed E-state index contributed by atoms with van der Waals surface area (Å²) in [6.45, 7) is 9.23. The molecule has 0 unspecified atom stereocenters. The summed E-state index contributed by atoms with van der Waals surface area (Å²) in [4.78, 5) is 14.6. The first-order chi connectivity index (χ1) is 13.1. The number of aryl methyl sites for hydroxylation is 2. The van der Waals surface area contributed by atoms with Gasteiger partial charge < -0.3 is 9.26 Å². The Labute approximate surface area is 161 Å². The maximum absolute atomic E-state index is 12.2. The van der Waals surface area contributed by atoms with Gasteiger partial charge in [0.05, 0.1) is 18.7 Å². The average molecular weight is 370 g/mol. The summed E-state index contributed by atoms with van der Waals surface area (Å²) in [6, 6.07) is 10.4. The van der Waals surface area contributed by atoms with E-state index in [1.165, 1.54) is 11.1 Å². The number of rotatable bonds is 7. The predicted molar refractivity (Wildman–Crippen MR) is 104 cm³/mol. The van der Waals surface area contributed by atoms with Crippen LogP contribution in [-0.4, -0.2) is 35.7 Å².